The summed E-state index contributed by atoms with van der Waals surface area (Å²) in [6.07, 6.45) is 1.64. The molecule has 5 atom stereocenters. The number of hydrogen-bond acceptors (Lipinski definition) is 7. The van der Waals surface area contributed by atoms with Crippen molar-refractivity contribution in [3.8, 4) is 0 Å². The summed E-state index contributed by atoms with van der Waals surface area (Å²) >= 11 is 0. The highest BCUT2D eigenvalue weighted by Gasteiger charge is 2.60. The van der Waals surface area contributed by atoms with Crippen molar-refractivity contribution >= 4 is 12.0 Å². The first-order valence-corrected chi connectivity index (χ1v) is 8.71. The minimum absolute atomic E-state index is 0.261. The quantitative estimate of drug-likeness (QED) is 0.398. The van der Waals surface area contributed by atoms with Crippen LogP contribution in [0.25, 0.3) is 0 Å². The molecule has 1 saturated heterocycles. The first-order valence-electron chi connectivity index (χ1n) is 8.71. The number of alkyl halides is 1. The lowest BCUT2D eigenvalue weighted by Gasteiger charge is -2.39. The number of aliphatic hydroxyl groups excluding tert-OH is 2. The van der Waals surface area contributed by atoms with Crippen LogP contribution >= 0.6 is 0 Å². The number of carbonyl (C=O) groups is 2. The number of ether oxygens (including phenoxy) is 2. The van der Waals surface area contributed by atoms with E-state index in [2.05, 4.69) is 5.32 Å². The number of urea groups is 1. The van der Waals surface area contributed by atoms with E-state index in [-0.39, 0.29) is 6.10 Å². The molecule has 0 radical (unpaired) electrons. The van der Waals surface area contributed by atoms with Crippen LogP contribution in [-0.2, 0) is 14.3 Å². The smallest absolute Gasteiger partial charge is 0.351 e. The van der Waals surface area contributed by atoms with Gasteiger partial charge in [-0.25, -0.2) is 14.5 Å². The topological polar surface area (TPSA) is 134 Å². The van der Waals surface area contributed by atoms with Gasteiger partial charge in [0.1, 0.15) is 12.2 Å². The van der Waals surface area contributed by atoms with E-state index in [1.807, 2.05) is 0 Å². The molecule has 5 N–H and O–H groups in total. The van der Waals surface area contributed by atoms with Gasteiger partial charge in [-0.05, 0) is 38.7 Å². The zero-order valence-electron chi connectivity index (χ0n) is 14.4. The highest BCUT2D eigenvalue weighted by Crippen LogP contribution is 2.37. The fraction of sp³-hybridized carbons (Fsp3) is 0.750. The average Bonchev–Trinajstić information content (AvgIpc) is 2.79. The van der Waals surface area contributed by atoms with Gasteiger partial charge >= 0.3 is 18.0 Å². The second-order valence-corrected chi connectivity index (χ2v) is 7.02. The Morgan fingerprint density at radius 2 is 2.08 bits per heavy atom. The van der Waals surface area contributed by atoms with Crippen molar-refractivity contribution < 1.29 is 33.7 Å². The summed E-state index contributed by atoms with van der Waals surface area (Å²) in [5, 5.41) is 21.8. The molecule has 0 aromatic carbocycles. The van der Waals surface area contributed by atoms with Gasteiger partial charge in [-0.1, -0.05) is 6.42 Å². The van der Waals surface area contributed by atoms with Gasteiger partial charge in [0.25, 0.3) is 0 Å². The van der Waals surface area contributed by atoms with Crippen LogP contribution in [-0.4, -0.2) is 63.2 Å². The molecule has 3 aliphatic rings. The molecule has 10 heteroatoms. The van der Waals surface area contributed by atoms with Crippen LogP contribution in [0.4, 0.5) is 9.18 Å². The SMILES string of the molecule is C[C@H]1O[C@@](F)(N2C=CC(N)(C(=O)OC3CCCCC3)NC2=O)[C@H](O)[C@@H]1O. The van der Waals surface area contributed by atoms with E-state index in [0.29, 0.717) is 4.90 Å². The number of nitrogens with one attached hydrogen (secondary N) is 1. The third-order valence-electron chi connectivity index (χ3n) is 5.03. The number of carbonyl (C=O) groups excluding carboxylic acids is 2. The second-order valence-electron chi connectivity index (χ2n) is 7.02. The summed E-state index contributed by atoms with van der Waals surface area (Å²) in [6, 6.07) is -1.10. The maximum atomic E-state index is 15.0. The van der Waals surface area contributed by atoms with Crippen molar-refractivity contribution in [1.29, 1.82) is 0 Å². The lowest BCUT2D eigenvalue weighted by atomic mass is 9.97. The molecule has 1 saturated carbocycles. The fourth-order valence-electron chi connectivity index (χ4n) is 3.40. The molecule has 3 rings (SSSR count). The van der Waals surface area contributed by atoms with Crippen molar-refractivity contribution in [1.82, 2.24) is 10.2 Å². The Labute approximate surface area is 149 Å². The van der Waals surface area contributed by atoms with Gasteiger partial charge in [0, 0.05) is 6.20 Å². The van der Waals surface area contributed by atoms with Crippen LogP contribution < -0.4 is 11.1 Å². The first-order chi connectivity index (χ1) is 12.2. The normalized spacial score (nSPS) is 41.2. The van der Waals surface area contributed by atoms with Crippen molar-refractivity contribution in [3.63, 3.8) is 0 Å². The summed E-state index contributed by atoms with van der Waals surface area (Å²) < 4.78 is 25.3. The lowest BCUT2D eigenvalue weighted by Crippen LogP contribution is -2.69. The van der Waals surface area contributed by atoms with Crippen LogP contribution in [0.1, 0.15) is 39.0 Å². The summed E-state index contributed by atoms with van der Waals surface area (Å²) in [6.45, 7) is 1.36. The number of halogens is 1. The molecule has 0 aromatic heterocycles. The Balaban J connectivity index is 1.73. The molecule has 2 heterocycles. The van der Waals surface area contributed by atoms with Gasteiger partial charge in [-0.15, -0.1) is 0 Å². The number of nitrogens with zero attached hydrogens (tertiary/aromatic N) is 1. The molecule has 2 amide bonds. The molecule has 9 nitrogen and oxygen atoms in total. The van der Waals surface area contributed by atoms with E-state index < -0.39 is 42.0 Å². The number of nitrogens with two attached hydrogens (primary N) is 1. The third-order valence-corrected chi connectivity index (χ3v) is 5.03. The Hall–Kier alpha value is -1.75. The Morgan fingerprint density at radius 1 is 1.42 bits per heavy atom. The predicted octanol–water partition coefficient (Wildman–Crippen LogP) is -0.180. The maximum absolute atomic E-state index is 15.0. The number of hydrogen-bond donors (Lipinski definition) is 4. The maximum Gasteiger partial charge on any atom is 0.351 e. The van der Waals surface area contributed by atoms with Gasteiger partial charge in [0.15, 0.2) is 6.10 Å². The van der Waals surface area contributed by atoms with Crippen molar-refractivity contribution in [2.75, 3.05) is 0 Å². The Bertz CT molecular complexity index is 613. The monoisotopic (exact) mass is 373 g/mol. The minimum atomic E-state index is -2.98. The van der Waals surface area contributed by atoms with Gasteiger partial charge < -0.3 is 25.0 Å². The number of amides is 2. The molecule has 2 fully saturated rings. The minimum Gasteiger partial charge on any atom is -0.459 e. The number of rotatable bonds is 3. The second kappa shape index (κ2) is 6.76. The van der Waals surface area contributed by atoms with E-state index in [1.165, 1.54) is 6.92 Å². The first kappa shape index (κ1) is 19.0. The van der Waals surface area contributed by atoms with Crippen molar-refractivity contribution in [2.45, 2.75) is 75.1 Å². The Kier molecular flexibility index (Phi) is 4.95. The molecule has 0 spiro atoms. The molecule has 146 valence electrons. The van der Waals surface area contributed by atoms with Gasteiger partial charge in [0.05, 0.1) is 6.10 Å². The standard InChI is InChI=1S/C16H24FN3O6/c1-9-11(21)12(22)16(17,26-9)20-8-7-15(18,19-14(20)24)13(23)25-10-5-3-2-4-6-10/h7-12,21-22H,2-6,18H2,1H3,(H,19,24)/t9-,11-,12-,15?,16+/m1/s1. The predicted molar refractivity (Wildman–Crippen MR) is 85.8 cm³/mol. The lowest BCUT2D eigenvalue weighted by molar-refractivity contribution is -0.234. The zero-order valence-corrected chi connectivity index (χ0v) is 14.4. The summed E-state index contributed by atoms with van der Waals surface area (Å²) in [5.41, 5.74) is 3.96. The van der Waals surface area contributed by atoms with Gasteiger partial charge in [-0.3, -0.25) is 5.73 Å². The summed E-state index contributed by atoms with van der Waals surface area (Å²) in [7, 11) is 0. The highest BCUT2D eigenvalue weighted by atomic mass is 19.2. The van der Waals surface area contributed by atoms with Crippen LogP contribution in [0.5, 0.6) is 0 Å². The number of aliphatic hydroxyl groups is 2. The largest absolute Gasteiger partial charge is 0.459 e. The summed E-state index contributed by atoms with van der Waals surface area (Å²) in [4.78, 5) is 25.1. The highest BCUT2D eigenvalue weighted by molar-refractivity contribution is 5.91. The molecule has 0 aromatic rings. The van der Waals surface area contributed by atoms with Crippen LogP contribution in [0, 0.1) is 0 Å². The average molecular weight is 373 g/mol. The summed E-state index contributed by atoms with van der Waals surface area (Å²) in [5.74, 6) is -3.82. The molecular formula is C16H24FN3O6. The molecule has 2 aliphatic heterocycles. The van der Waals surface area contributed by atoms with E-state index >= 15 is 0 Å². The zero-order chi connectivity index (χ0) is 19.1. The van der Waals surface area contributed by atoms with E-state index in [4.69, 9.17) is 15.2 Å². The van der Waals surface area contributed by atoms with Gasteiger partial charge in [0.2, 0.25) is 5.66 Å². The Morgan fingerprint density at radius 3 is 2.62 bits per heavy atom. The van der Waals surface area contributed by atoms with Crippen molar-refractivity contribution in [2.24, 2.45) is 5.73 Å². The van der Waals surface area contributed by atoms with Crippen LogP contribution in [0.2, 0.25) is 0 Å². The number of esters is 1. The van der Waals surface area contributed by atoms with E-state index in [0.717, 1.165) is 44.4 Å². The third kappa shape index (κ3) is 3.18. The molecule has 1 unspecified atom stereocenters. The molecule has 1 aliphatic carbocycles. The van der Waals surface area contributed by atoms with E-state index in [1.54, 1.807) is 0 Å². The van der Waals surface area contributed by atoms with Crippen molar-refractivity contribution in [3.05, 3.63) is 12.3 Å². The van der Waals surface area contributed by atoms with Crippen LogP contribution in [0.15, 0.2) is 12.3 Å². The van der Waals surface area contributed by atoms with E-state index in [9.17, 15) is 24.2 Å². The molecule has 26 heavy (non-hydrogen) atoms. The molecule has 0 bridgehead atoms. The fourth-order valence-corrected chi connectivity index (χ4v) is 3.40. The van der Waals surface area contributed by atoms with Crippen LogP contribution in [0.3, 0.4) is 0 Å². The molecular weight excluding hydrogens is 349 g/mol. The van der Waals surface area contributed by atoms with Gasteiger partial charge in [-0.2, -0.15) is 4.39 Å².